The van der Waals surface area contributed by atoms with Gasteiger partial charge in [0.25, 0.3) is 0 Å². The summed E-state index contributed by atoms with van der Waals surface area (Å²) in [6.07, 6.45) is 0. The molecule has 0 saturated heterocycles. The van der Waals surface area contributed by atoms with Gasteiger partial charge in [0.05, 0.1) is 0 Å². The van der Waals surface area contributed by atoms with Gasteiger partial charge in [-0.05, 0) is 0 Å². The molecule has 0 aromatic carbocycles. The number of aliphatic hydroxyl groups is 1. The molecule has 0 bridgehead atoms. The van der Waals surface area contributed by atoms with Gasteiger partial charge in [0.15, 0.2) is 0 Å². The molecule has 1 unspecified atom stereocenters. The van der Waals surface area contributed by atoms with E-state index in [2.05, 4.69) is 40.6 Å². The van der Waals surface area contributed by atoms with Crippen LogP contribution in [0.25, 0.3) is 0 Å². The van der Waals surface area contributed by atoms with Crippen molar-refractivity contribution in [3.8, 4) is 0 Å². The van der Waals surface area contributed by atoms with Crippen molar-refractivity contribution >= 4 is 63.2 Å². The van der Waals surface area contributed by atoms with Gasteiger partial charge in [-0.15, -0.1) is 0 Å². The first kappa shape index (κ1) is 12.7. The van der Waals surface area contributed by atoms with Gasteiger partial charge >= 0.3 is 38.6 Å². The minimum atomic E-state index is -0.159. The van der Waals surface area contributed by atoms with E-state index in [1.807, 2.05) is 22.6 Å². The van der Waals surface area contributed by atoms with Crippen LogP contribution in [-0.2, 0) is 20.5 Å². The second kappa shape index (κ2) is 11.8. The fourth-order valence-electron chi connectivity index (χ4n) is 0. The molecule has 43 valence electrons. The van der Waals surface area contributed by atoms with Crippen LogP contribution in [0.4, 0.5) is 0 Å². The Kier molecular flexibility index (Phi) is 21.4. The fraction of sp³-hybridized carbons (Fsp3) is 1.00. The Labute approximate surface area is 95.2 Å². The zero-order chi connectivity index (χ0) is 6.28. The van der Waals surface area contributed by atoms with Crippen molar-refractivity contribution in [1.82, 2.24) is 0 Å². The second-order valence-electron chi connectivity index (χ2n) is 0.589. The summed E-state index contributed by atoms with van der Waals surface area (Å²) in [5.74, 6) is 0. The third-order valence-corrected chi connectivity index (χ3v) is 3.09. The Hall–Kier alpha value is 3.03. The number of rotatable bonds is 1. The summed E-state index contributed by atoms with van der Waals surface area (Å²) in [6, 6.07) is 0. The molecule has 0 rings (SSSR count). The minimum absolute atomic E-state index is 0.159. The maximum atomic E-state index is 8.34. The predicted octanol–water partition coefficient (Wildman–Crippen LogP) is 2.06. The van der Waals surface area contributed by atoms with Crippen LogP contribution in [0.2, 0.25) is 0 Å². The summed E-state index contributed by atoms with van der Waals surface area (Å²) in [5.41, 5.74) is 0. The van der Waals surface area contributed by atoms with Crippen molar-refractivity contribution in [1.29, 1.82) is 0 Å². The average molecular weight is 516 g/mol. The monoisotopic (exact) mass is 515 g/mol. The molecule has 0 aliphatic heterocycles. The molecular formula is C2H4I3OZr. The molecule has 0 fully saturated rings. The summed E-state index contributed by atoms with van der Waals surface area (Å²) >= 11 is 7.83. The summed E-state index contributed by atoms with van der Waals surface area (Å²) in [6.45, 7) is 0. The SMILES string of the molecule is OC(I)CI.[Zr][I]. The maximum absolute atomic E-state index is 8.34. The molecule has 5 heteroatoms. The summed E-state index contributed by atoms with van der Waals surface area (Å²) in [4.78, 5) is 0. The van der Waals surface area contributed by atoms with Crippen molar-refractivity contribution in [3.63, 3.8) is 0 Å². The van der Waals surface area contributed by atoms with Crippen LogP contribution in [0.3, 0.4) is 0 Å². The molecule has 1 atom stereocenters. The van der Waals surface area contributed by atoms with Gasteiger partial charge < -0.3 is 5.11 Å². The van der Waals surface area contributed by atoms with Crippen LogP contribution in [-0.4, -0.2) is 13.6 Å². The van der Waals surface area contributed by atoms with Gasteiger partial charge in [0.1, 0.15) is 4.11 Å². The first-order valence-electron chi connectivity index (χ1n) is 1.34. The Bertz CT molecular complexity index is 26.9. The number of aliphatic hydroxyl groups excluding tert-OH is 1. The molecule has 0 radical (unpaired) electrons. The first-order chi connectivity index (χ1) is 3.27. The van der Waals surface area contributed by atoms with Gasteiger partial charge in [-0.2, -0.15) is 0 Å². The summed E-state index contributed by atoms with van der Waals surface area (Å²) < 4.78 is 0.659. The van der Waals surface area contributed by atoms with Crippen LogP contribution in [0.15, 0.2) is 0 Å². The van der Waals surface area contributed by atoms with E-state index in [4.69, 9.17) is 5.11 Å². The van der Waals surface area contributed by atoms with E-state index in [-0.39, 0.29) is 4.11 Å². The van der Waals surface area contributed by atoms with Crippen LogP contribution in [0.5, 0.6) is 0 Å². The fourth-order valence-corrected chi connectivity index (χ4v) is 0. The zero-order valence-electron chi connectivity index (χ0n) is 3.37. The standard InChI is InChI=1S/C2H4I2O.HI.Zr/c3-1-2(4)5;;/h2,5H,1H2;1H;/q;;+1/p-1. The number of alkyl halides is 2. The Balaban J connectivity index is 0. The van der Waals surface area contributed by atoms with E-state index in [1.165, 1.54) is 20.5 Å². The van der Waals surface area contributed by atoms with E-state index in [1.54, 1.807) is 0 Å². The van der Waals surface area contributed by atoms with Crippen molar-refractivity contribution < 1.29 is 25.6 Å². The van der Waals surface area contributed by atoms with Crippen molar-refractivity contribution in [2.24, 2.45) is 0 Å². The number of hydrogen-bond acceptors (Lipinski definition) is 1. The molecule has 0 aromatic heterocycles. The second-order valence-corrected chi connectivity index (χ2v) is 2.91. The third kappa shape index (κ3) is 17.6. The van der Waals surface area contributed by atoms with Crippen LogP contribution in [0, 0.1) is 0 Å². The van der Waals surface area contributed by atoms with Gasteiger partial charge in [-0.3, -0.25) is 0 Å². The summed E-state index contributed by atoms with van der Waals surface area (Å²) in [5, 5.41) is 8.34. The molecular weight excluding hydrogens is 512 g/mol. The van der Waals surface area contributed by atoms with E-state index in [9.17, 15) is 0 Å². The van der Waals surface area contributed by atoms with Crippen molar-refractivity contribution in [2.75, 3.05) is 4.43 Å². The van der Waals surface area contributed by atoms with Gasteiger partial charge in [-0.1, -0.05) is 45.2 Å². The van der Waals surface area contributed by atoms with Crippen LogP contribution < -0.4 is 0 Å². The Morgan fingerprint density at radius 1 is 1.57 bits per heavy atom. The molecule has 0 aromatic rings. The molecule has 0 heterocycles. The van der Waals surface area contributed by atoms with E-state index < -0.39 is 0 Å². The average Bonchev–Trinajstić information content (AvgIpc) is 1.73. The molecule has 1 N–H and O–H groups in total. The van der Waals surface area contributed by atoms with Crippen molar-refractivity contribution in [2.45, 2.75) is 4.11 Å². The normalized spacial score (nSPS) is 11.3. The van der Waals surface area contributed by atoms with E-state index in [0.29, 0.717) is 0 Å². The van der Waals surface area contributed by atoms with Gasteiger partial charge in [0.2, 0.25) is 0 Å². The molecule has 0 saturated carbocycles. The van der Waals surface area contributed by atoms with E-state index >= 15 is 0 Å². The molecule has 7 heavy (non-hydrogen) atoms. The van der Waals surface area contributed by atoms with Crippen LogP contribution in [0.1, 0.15) is 0 Å². The molecule has 0 aliphatic carbocycles. The van der Waals surface area contributed by atoms with Gasteiger partial charge in [-0.25, -0.2) is 0 Å². The van der Waals surface area contributed by atoms with Crippen LogP contribution >= 0.6 is 63.2 Å². The first-order valence-corrected chi connectivity index (χ1v) is 11.4. The predicted molar refractivity (Wildman–Crippen MR) is 52.9 cm³/mol. The third-order valence-electron chi connectivity index (χ3n) is 0.127. The van der Waals surface area contributed by atoms with Gasteiger partial charge in [0, 0.05) is 4.43 Å². The molecule has 0 aliphatic rings. The molecule has 0 amide bonds. The van der Waals surface area contributed by atoms with Crippen molar-refractivity contribution in [3.05, 3.63) is 0 Å². The molecule has 1 nitrogen and oxygen atoms in total. The quantitative estimate of drug-likeness (QED) is 0.419. The Morgan fingerprint density at radius 3 is 1.71 bits per heavy atom. The Morgan fingerprint density at radius 2 is 1.71 bits per heavy atom. The zero-order valence-corrected chi connectivity index (χ0v) is 12.3. The number of halogens is 3. The summed E-state index contributed by atoms with van der Waals surface area (Å²) in [7, 11) is 0. The molecule has 0 spiro atoms. The topological polar surface area (TPSA) is 20.2 Å². The number of hydrogen-bond donors (Lipinski definition) is 1. The van der Waals surface area contributed by atoms with E-state index in [0.717, 1.165) is 4.43 Å².